The van der Waals surface area contributed by atoms with Gasteiger partial charge in [0.25, 0.3) is 0 Å². The van der Waals surface area contributed by atoms with Crippen molar-refractivity contribution in [3.8, 4) is 0 Å². The van der Waals surface area contributed by atoms with Gasteiger partial charge in [0.1, 0.15) is 0 Å². The molecule has 0 aliphatic heterocycles. The van der Waals surface area contributed by atoms with Gasteiger partial charge in [-0.2, -0.15) is 0 Å². The van der Waals surface area contributed by atoms with Crippen molar-refractivity contribution >= 4 is 11.5 Å². The van der Waals surface area contributed by atoms with Gasteiger partial charge in [0.05, 0.1) is 12.7 Å². The average Bonchev–Trinajstić information content (AvgIpc) is 2.61. The van der Waals surface area contributed by atoms with Crippen LogP contribution in [0, 0.1) is 16.7 Å². The minimum atomic E-state index is -0.282. The lowest BCUT2D eigenvalue weighted by molar-refractivity contribution is 0.0600. The van der Waals surface area contributed by atoms with E-state index in [-0.39, 0.29) is 11.4 Å². The summed E-state index contributed by atoms with van der Waals surface area (Å²) in [5.74, 6) is 0.320. The highest BCUT2D eigenvalue weighted by Gasteiger charge is 2.44. The number of benzene rings is 1. The maximum absolute atomic E-state index is 11.6. The highest BCUT2D eigenvalue weighted by molar-refractivity contribution is 5.89. The zero-order valence-corrected chi connectivity index (χ0v) is 16.7. The monoisotopic (exact) mass is 330 g/mol. The first kappa shape index (κ1) is 20.5. The average molecular weight is 331 g/mol. The van der Waals surface area contributed by atoms with Gasteiger partial charge in [-0.05, 0) is 46.4 Å². The lowest BCUT2D eigenvalue weighted by Crippen LogP contribution is -2.39. The van der Waals surface area contributed by atoms with E-state index in [2.05, 4.69) is 40.7 Å². The Labute approximate surface area is 148 Å². The van der Waals surface area contributed by atoms with Gasteiger partial charge < -0.3 is 4.74 Å². The lowest BCUT2D eigenvalue weighted by Gasteiger charge is -2.49. The topological polar surface area (TPSA) is 26.3 Å². The number of hydrogen-bond donors (Lipinski definition) is 0. The quantitative estimate of drug-likeness (QED) is 0.602. The summed E-state index contributed by atoms with van der Waals surface area (Å²) in [6.07, 6.45) is 4.71. The summed E-state index contributed by atoms with van der Waals surface area (Å²) in [7, 11) is 1.41. The normalized spacial score (nSPS) is 25.2. The Kier molecular flexibility index (Phi) is 6.83. The molecular formula is C22H34O2. The van der Waals surface area contributed by atoms with Gasteiger partial charge in [0, 0.05) is 0 Å². The van der Waals surface area contributed by atoms with Crippen LogP contribution in [0.15, 0.2) is 30.3 Å². The van der Waals surface area contributed by atoms with Gasteiger partial charge in [-0.1, -0.05) is 73.1 Å². The van der Waals surface area contributed by atoms with Crippen LogP contribution < -0.4 is 0 Å². The van der Waals surface area contributed by atoms with E-state index in [0.29, 0.717) is 16.9 Å². The molecule has 0 aromatic heterocycles. The Bertz CT molecular complexity index is 580. The first-order valence-electron chi connectivity index (χ1n) is 9.15. The maximum Gasteiger partial charge on any atom is 0.337 e. The molecule has 0 saturated carbocycles. The van der Waals surface area contributed by atoms with Gasteiger partial charge in [-0.15, -0.1) is 0 Å². The smallest absolute Gasteiger partial charge is 0.337 e. The summed E-state index contributed by atoms with van der Waals surface area (Å²) in [5.41, 5.74) is 3.69. The third-order valence-electron chi connectivity index (χ3n) is 6.02. The Balaban J connectivity index is 0.00000139. The van der Waals surface area contributed by atoms with Gasteiger partial charge in [0.2, 0.25) is 0 Å². The molecule has 0 radical (unpaired) electrons. The van der Waals surface area contributed by atoms with Crippen LogP contribution in [0.3, 0.4) is 0 Å². The van der Waals surface area contributed by atoms with E-state index >= 15 is 0 Å². The third-order valence-corrected chi connectivity index (χ3v) is 6.02. The van der Waals surface area contributed by atoms with E-state index < -0.39 is 0 Å². The highest BCUT2D eigenvalue weighted by Crippen LogP contribution is 2.55. The van der Waals surface area contributed by atoms with E-state index in [9.17, 15) is 4.79 Å². The SMILES string of the molecule is CC.CCC1(C)CC=C(c2ccc(C(=O)OC)cc2)C(C)(C)C1C. The van der Waals surface area contributed by atoms with Crippen molar-refractivity contribution in [1.29, 1.82) is 0 Å². The number of ether oxygens (including phenoxy) is 1. The summed E-state index contributed by atoms with van der Waals surface area (Å²) in [4.78, 5) is 11.6. The molecule has 0 bridgehead atoms. The summed E-state index contributed by atoms with van der Waals surface area (Å²) in [6, 6.07) is 7.80. The van der Waals surface area contributed by atoms with Crippen molar-refractivity contribution in [2.75, 3.05) is 7.11 Å². The first-order chi connectivity index (χ1) is 11.3. The van der Waals surface area contributed by atoms with E-state index in [1.807, 2.05) is 38.1 Å². The lowest BCUT2D eigenvalue weighted by atomic mass is 9.55. The minimum Gasteiger partial charge on any atom is -0.465 e. The fraction of sp³-hybridized carbons (Fsp3) is 0.591. The number of allylic oxidation sites excluding steroid dienone is 2. The molecule has 1 aliphatic rings. The fourth-order valence-electron chi connectivity index (χ4n) is 3.72. The molecule has 1 aliphatic carbocycles. The van der Waals surface area contributed by atoms with Gasteiger partial charge >= 0.3 is 5.97 Å². The summed E-state index contributed by atoms with van der Waals surface area (Å²) in [5, 5.41) is 0. The molecule has 2 atom stereocenters. The zero-order valence-electron chi connectivity index (χ0n) is 16.7. The zero-order chi connectivity index (χ0) is 18.5. The molecule has 134 valence electrons. The highest BCUT2D eigenvalue weighted by atomic mass is 16.5. The molecule has 2 heteroatoms. The van der Waals surface area contributed by atoms with Crippen LogP contribution in [0.25, 0.3) is 5.57 Å². The van der Waals surface area contributed by atoms with Crippen molar-refractivity contribution < 1.29 is 9.53 Å². The summed E-state index contributed by atoms with van der Waals surface area (Å²) >= 11 is 0. The number of methoxy groups -OCH3 is 1. The molecule has 2 rings (SSSR count). The van der Waals surface area contributed by atoms with Crippen molar-refractivity contribution in [3.05, 3.63) is 41.5 Å². The number of rotatable bonds is 3. The molecule has 0 spiro atoms. The maximum atomic E-state index is 11.6. The van der Waals surface area contributed by atoms with E-state index in [1.54, 1.807) is 0 Å². The molecule has 0 saturated heterocycles. The molecule has 0 fully saturated rings. The third kappa shape index (κ3) is 3.74. The molecule has 0 N–H and O–H groups in total. The van der Waals surface area contributed by atoms with Crippen molar-refractivity contribution in [2.24, 2.45) is 16.7 Å². The molecule has 0 amide bonds. The molecule has 2 unspecified atom stereocenters. The van der Waals surface area contributed by atoms with Crippen LogP contribution in [0.2, 0.25) is 0 Å². The van der Waals surface area contributed by atoms with Crippen LogP contribution in [0.1, 0.15) is 77.2 Å². The van der Waals surface area contributed by atoms with Crippen molar-refractivity contribution in [2.45, 2.75) is 61.3 Å². The molecular weight excluding hydrogens is 296 g/mol. The number of carbonyl (C=O) groups excluding carboxylic acids is 1. The Morgan fingerprint density at radius 2 is 1.71 bits per heavy atom. The van der Waals surface area contributed by atoms with Gasteiger partial charge in [0.15, 0.2) is 0 Å². The number of hydrogen-bond acceptors (Lipinski definition) is 2. The molecule has 1 aromatic rings. The largest absolute Gasteiger partial charge is 0.465 e. The number of carbonyl (C=O) groups is 1. The van der Waals surface area contributed by atoms with Crippen molar-refractivity contribution in [3.63, 3.8) is 0 Å². The number of esters is 1. The minimum absolute atomic E-state index is 0.121. The Morgan fingerprint density at radius 3 is 2.17 bits per heavy atom. The van der Waals surface area contributed by atoms with Crippen LogP contribution in [0.4, 0.5) is 0 Å². The van der Waals surface area contributed by atoms with Crippen molar-refractivity contribution in [1.82, 2.24) is 0 Å². The molecule has 24 heavy (non-hydrogen) atoms. The van der Waals surface area contributed by atoms with E-state index in [0.717, 1.165) is 6.42 Å². The van der Waals surface area contributed by atoms with E-state index in [4.69, 9.17) is 4.74 Å². The second-order valence-electron chi connectivity index (χ2n) is 7.34. The molecule has 1 aromatic carbocycles. The summed E-state index contributed by atoms with van der Waals surface area (Å²) in [6.45, 7) is 15.7. The molecule has 2 nitrogen and oxygen atoms in total. The van der Waals surface area contributed by atoms with Crippen LogP contribution >= 0.6 is 0 Å². The van der Waals surface area contributed by atoms with Crippen LogP contribution in [-0.2, 0) is 4.74 Å². The Morgan fingerprint density at radius 1 is 1.17 bits per heavy atom. The fourth-order valence-corrected chi connectivity index (χ4v) is 3.72. The first-order valence-corrected chi connectivity index (χ1v) is 9.15. The second kappa shape index (κ2) is 8.00. The second-order valence-corrected chi connectivity index (χ2v) is 7.34. The Hall–Kier alpha value is -1.57. The van der Waals surface area contributed by atoms with Gasteiger partial charge in [-0.25, -0.2) is 4.79 Å². The standard InChI is InChI=1S/C20H28O2.C2H6/c1-7-20(5)13-12-17(19(3,4)14(20)2)15-8-10-16(11-9-15)18(21)22-6;1-2/h8-12,14H,7,13H2,1-6H3;1-2H3. The van der Waals surface area contributed by atoms with Crippen LogP contribution in [-0.4, -0.2) is 13.1 Å². The van der Waals surface area contributed by atoms with Crippen LogP contribution in [0.5, 0.6) is 0 Å². The molecule has 0 heterocycles. The van der Waals surface area contributed by atoms with Gasteiger partial charge in [-0.3, -0.25) is 0 Å². The predicted molar refractivity (Wildman–Crippen MR) is 103 cm³/mol. The predicted octanol–water partition coefficient (Wildman–Crippen LogP) is 6.37. The summed E-state index contributed by atoms with van der Waals surface area (Å²) < 4.78 is 4.77. The van der Waals surface area contributed by atoms with E-state index in [1.165, 1.54) is 24.7 Å².